The summed E-state index contributed by atoms with van der Waals surface area (Å²) in [5.41, 5.74) is 1.30. The summed E-state index contributed by atoms with van der Waals surface area (Å²) in [6.07, 6.45) is 3.81. The number of nitrogens with zero attached hydrogens (tertiary/aromatic N) is 4. The number of ether oxygens (including phenoxy) is 1. The minimum absolute atomic E-state index is 0.0287. The lowest BCUT2D eigenvalue weighted by Crippen LogP contribution is -2.29. The number of hydrogen-bond donors (Lipinski definition) is 0. The molecule has 0 amide bonds. The Kier molecular flexibility index (Phi) is 6.35. The molecule has 172 valence electrons. The molecule has 2 atom stereocenters. The molecule has 1 aromatic heterocycles. The van der Waals surface area contributed by atoms with Crippen molar-refractivity contribution in [3.8, 4) is 5.75 Å². The highest BCUT2D eigenvalue weighted by atomic mass is 19.1. The molecule has 0 bridgehead atoms. The van der Waals surface area contributed by atoms with E-state index in [1.807, 2.05) is 34.1 Å². The SMILES string of the molecule is CC(=O)C[C@@H](C)c1ccc(O[C@@H]2CCN(c3ncnc(N4CCC(C)(C)C4)c3F)C2)cc1. The van der Waals surface area contributed by atoms with Crippen molar-refractivity contribution in [2.24, 2.45) is 5.41 Å². The van der Waals surface area contributed by atoms with Gasteiger partial charge in [0.15, 0.2) is 11.6 Å². The molecular weight excluding hydrogens is 407 g/mol. The molecule has 0 radical (unpaired) electrons. The van der Waals surface area contributed by atoms with Crippen molar-refractivity contribution < 1.29 is 13.9 Å². The average Bonchev–Trinajstić information content (AvgIpc) is 3.34. The molecule has 0 N–H and O–H groups in total. The molecule has 32 heavy (non-hydrogen) atoms. The van der Waals surface area contributed by atoms with E-state index in [9.17, 15) is 4.79 Å². The summed E-state index contributed by atoms with van der Waals surface area (Å²) in [7, 11) is 0. The molecular formula is C25H33FN4O2. The molecule has 1 aromatic carbocycles. The normalized spacial score (nSPS) is 21.1. The van der Waals surface area contributed by atoms with Gasteiger partial charge in [-0.1, -0.05) is 32.9 Å². The molecule has 4 rings (SSSR count). The van der Waals surface area contributed by atoms with Crippen molar-refractivity contribution in [1.82, 2.24) is 9.97 Å². The van der Waals surface area contributed by atoms with Crippen LogP contribution in [0.3, 0.4) is 0 Å². The maximum atomic E-state index is 15.3. The highest BCUT2D eigenvalue weighted by molar-refractivity contribution is 5.76. The smallest absolute Gasteiger partial charge is 0.208 e. The van der Waals surface area contributed by atoms with E-state index in [1.165, 1.54) is 6.33 Å². The zero-order valence-electron chi connectivity index (χ0n) is 19.5. The van der Waals surface area contributed by atoms with Gasteiger partial charge < -0.3 is 19.3 Å². The number of Topliss-reactive ketones (excluding diaryl/α,β-unsaturated/α-hetero) is 1. The van der Waals surface area contributed by atoms with Crippen molar-refractivity contribution in [3.05, 3.63) is 42.0 Å². The second kappa shape index (κ2) is 9.04. The van der Waals surface area contributed by atoms with Crippen molar-refractivity contribution in [3.63, 3.8) is 0 Å². The summed E-state index contributed by atoms with van der Waals surface area (Å²) in [6, 6.07) is 7.94. The number of aromatic nitrogens is 2. The first-order chi connectivity index (χ1) is 15.2. The summed E-state index contributed by atoms with van der Waals surface area (Å²) in [5.74, 6) is 1.60. The van der Waals surface area contributed by atoms with Gasteiger partial charge in [-0.25, -0.2) is 9.97 Å². The molecule has 2 saturated heterocycles. The maximum absolute atomic E-state index is 15.3. The molecule has 2 aliphatic heterocycles. The molecule has 2 fully saturated rings. The summed E-state index contributed by atoms with van der Waals surface area (Å²) < 4.78 is 21.5. The van der Waals surface area contributed by atoms with Gasteiger partial charge in [-0.2, -0.15) is 4.39 Å². The Hall–Kier alpha value is -2.70. The Morgan fingerprint density at radius 2 is 1.88 bits per heavy atom. The van der Waals surface area contributed by atoms with Crippen LogP contribution in [0.25, 0.3) is 0 Å². The lowest BCUT2D eigenvalue weighted by molar-refractivity contribution is -0.117. The van der Waals surface area contributed by atoms with Crippen LogP contribution in [0.2, 0.25) is 0 Å². The molecule has 0 spiro atoms. The number of carbonyl (C=O) groups is 1. The summed E-state index contributed by atoms with van der Waals surface area (Å²) >= 11 is 0. The van der Waals surface area contributed by atoms with Gasteiger partial charge in [-0.15, -0.1) is 0 Å². The Morgan fingerprint density at radius 3 is 2.50 bits per heavy atom. The fourth-order valence-electron chi connectivity index (χ4n) is 4.72. The number of ketones is 1. The van der Waals surface area contributed by atoms with E-state index in [0.717, 1.165) is 37.2 Å². The highest BCUT2D eigenvalue weighted by Gasteiger charge is 2.34. The van der Waals surface area contributed by atoms with Crippen LogP contribution >= 0.6 is 0 Å². The van der Waals surface area contributed by atoms with Crippen molar-refractivity contribution in [2.75, 3.05) is 36.0 Å². The predicted molar refractivity (Wildman–Crippen MR) is 124 cm³/mol. The fourth-order valence-corrected chi connectivity index (χ4v) is 4.72. The monoisotopic (exact) mass is 440 g/mol. The fraction of sp³-hybridized carbons (Fsp3) is 0.560. The highest BCUT2D eigenvalue weighted by Crippen LogP contribution is 2.35. The van der Waals surface area contributed by atoms with Gasteiger partial charge in [0, 0.05) is 32.5 Å². The van der Waals surface area contributed by atoms with Crippen LogP contribution in [0.4, 0.5) is 16.0 Å². The molecule has 6 nitrogen and oxygen atoms in total. The van der Waals surface area contributed by atoms with Crippen LogP contribution in [-0.4, -0.2) is 48.0 Å². The van der Waals surface area contributed by atoms with E-state index in [1.54, 1.807) is 6.92 Å². The second-order valence-corrected chi connectivity index (χ2v) is 10.0. The lowest BCUT2D eigenvalue weighted by atomic mass is 9.93. The van der Waals surface area contributed by atoms with Gasteiger partial charge in [0.2, 0.25) is 5.82 Å². The van der Waals surface area contributed by atoms with E-state index >= 15 is 4.39 Å². The van der Waals surface area contributed by atoms with Gasteiger partial charge in [0.1, 0.15) is 24.0 Å². The lowest BCUT2D eigenvalue weighted by Gasteiger charge is -2.24. The third kappa shape index (κ3) is 5.03. The first-order valence-electron chi connectivity index (χ1n) is 11.5. The minimum atomic E-state index is -0.338. The first-order valence-corrected chi connectivity index (χ1v) is 11.5. The van der Waals surface area contributed by atoms with Gasteiger partial charge in [0.25, 0.3) is 0 Å². The van der Waals surface area contributed by atoms with E-state index in [2.05, 4.69) is 30.7 Å². The van der Waals surface area contributed by atoms with Crippen LogP contribution < -0.4 is 14.5 Å². The number of benzene rings is 1. The Balaban J connectivity index is 1.39. The van der Waals surface area contributed by atoms with Crippen LogP contribution in [0.5, 0.6) is 5.75 Å². The molecule has 7 heteroatoms. The van der Waals surface area contributed by atoms with Crippen LogP contribution in [0.15, 0.2) is 30.6 Å². The summed E-state index contributed by atoms with van der Waals surface area (Å²) in [6.45, 7) is 11.0. The largest absolute Gasteiger partial charge is 0.489 e. The molecule has 2 aromatic rings. The topological polar surface area (TPSA) is 58.6 Å². The summed E-state index contributed by atoms with van der Waals surface area (Å²) in [4.78, 5) is 23.8. The second-order valence-electron chi connectivity index (χ2n) is 10.0. The van der Waals surface area contributed by atoms with E-state index < -0.39 is 0 Å². The number of hydrogen-bond acceptors (Lipinski definition) is 6. The number of carbonyl (C=O) groups excluding carboxylic acids is 1. The quantitative estimate of drug-likeness (QED) is 0.628. The third-order valence-electron chi connectivity index (χ3n) is 6.52. The van der Waals surface area contributed by atoms with Crippen LogP contribution in [-0.2, 0) is 4.79 Å². The van der Waals surface area contributed by atoms with Gasteiger partial charge in [-0.05, 0) is 42.4 Å². The predicted octanol–water partition coefficient (Wildman–Crippen LogP) is 4.59. The van der Waals surface area contributed by atoms with Crippen molar-refractivity contribution >= 4 is 17.4 Å². The van der Waals surface area contributed by atoms with Crippen molar-refractivity contribution in [2.45, 2.75) is 59.0 Å². The zero-order valence-corrected chi connectivity index (χ0v) is 19.5. The zero-order chi connectivity index (χ0) is 22.9. The number of rotatable bonds is 7. The third-order valence-corrected chi connectivity index (χ3v) is 6.52. The number of halogens is 1. The molecule has 0 aliphatic carbocycles. The van der Waals surface area contributed by atoms with Crippen LogP contribution in [0.1, 0.15) is 58.4 Å². The van der Waals surface area contributed by atoms with Gasteiger partial charge in [-0.3, -0.25) is 0 Å². The molecule has 0 saturated carbocycles. The maximum Gasteiger partial charge on any atom is 0.208 e. The van der Waals surface area contributed by atoms with E-state index in [-0.39, 0.29) is 29.0 Å². The number of anilines is 2. The Morgan fingerprint density at radius 1 is 1.19 bits per heavy atom. The van der Waals surface area contributed by atoms with E-state index in [4.69, 9.17) is 4.74 Å². The Labute approximate surface area is 189 Å². The van der Waals surface area contributed by atoms with Gasteiger partial charge in [0.05, 0.1) is 6.54 Å². The molecule has 0 unspecified atom stereocenters. The Bertz CT molecular complexity index is 963. The molecule has 3 heterocycles. The standard InChI is InChI=1S/C25H33FN4O2/c1-17(13-18(2)31)19-5-7-20(8-6-19)32-21-9-11-29(14-21)23-22(26)24(28-16-27-23)30-12-10-25(3,4)15-30/h5-8,16-17,21H,9-15H2,1-4H3/t17-,21-/m1/s1. The molecule has 2 aliphatic rings. The van der Waals surface area contributed by atoms with E-state index in [0.29, 0.717) is 31.1 Å². The van der Waals surface area contributed by atoms with Crippen molar-refractivity contribution in [1.29, 1.82) is 0 Å². The van der Waals surface area contributed by atoms with Crippen LogP contribution in [0, 0.1) is 11.2 Å². The van der Waals surface area contributed by atoms with Gasteiger partial charge >= 0.3 is 0 Å². The summed E-state index contributed by atoms with van der Waals surface area (Å²) in [5, 5.41) is 0. The average molecular weight is 441 g/mol. The minimum Gasteiger partial charge on any atom is -0.489 e. The first kappa shape index (κ1) is 22.5.